The largest absolute Gasteiger partial charge is 1.00 e. The summed E-state index contributed by atoms with van der Waals surface area (Å²) in [6.07, 6.45) is 3.92. The standard InChI is InChI=1S/C17H15N3O3S.Li/c1-10-6-11-12(17(22)23)9-24-14(11)8-20(10)16(21)13-7-18-15-4-2-3-5-19(13)15;/h2-5,7,9-10H,6,8H2,1H3,(H,22,23);/q;+1/p-1. The van der Waals surface area contributed by atoms with Gasteiger partial charge in [0.1, 0.15) is 11.3 Å². The third-order valence-corrected chi connectivity index (χ3v) is 5.46. The van der Waals surface area contributed by atoms with Gasteiger partial charge in [0, 0.05) is 28.1 Å². The minimum atomic E-state index is -1.15. The summed E-state index contributed by atoms with van der Waals surface area (Å²) in [6, 6.07) is 5.49. The van der Waals surface area contributed by atoms with E-state index < -0.39 is 5.97 Å². The van der Waals surface area contributed by atoms with Crippen LogP contribution in [0.1, 0.15) is 38.2 Å². The molecule has 4 rings (SSSR count). The molecule has 25 heavy (non-hydrogen) atoms. The van der Waals surface area contributed by atoms with Gasteiger partial charge in [-0.05, 0) is 31.0 Å². The quantitative estimate of drug-likeness (QED) is 0.521. The number of hydrogen-bond donors (Lipinski definition) is 0. The van der Waals surface area contributed by atoms with Crippen molar-refractivity contribution < 1.29 is 33.6 Å². The van der Waals surface area contributed by atoms with E-state index >= 15 is 0 Å². The summed E-state index contributed by atoms with van der Waals surface area (Å²) < 4.78 is 1.77. The van der Waals surface area contributed by atoms with E-state index in [4.69, 9.17) is 0 Å². The minimum Gasteiger partial charge on any atom is -0.545 e. The fraction of sp³-hybridized carbons (Fsp3) is 0.235. The summed E-state index contributed by atoms with van der Waals surface area (Å²) in [5, 5.41) is 12.8. The molecule has 0 bridgehead atoms. The van der Waals surface area contributed by atoms with Gasteiger partial charge in [0.15, 0.2) is 0 Å². The van der Waals surface area contributed by atoms with Gasteiger partial charge in [0.25, 0.3) is 5.91 Å². The fourth-order valence-corrected chi connectivity index (χ4v) is 4.22. The molecule has 0 fully saturated rings. The van der Waals surface area contributed by atoms with E-state index in [0.29, 0.717) is 18.7 Å². The number of aromatic nitrogens is 2. The van der Waals surface area contributed by atoms with Crippen LogP contribution in [-0.4, -0.2) is 32.2 Å². The average molecular weight is 347 g/mol. The first-order valence-corrected chi connectivity index (χ1v) is 8.48. The van der Waals surface area contributed by atoms with Crippen molar-refractivity contribution in [1.82, 2.24) is 14.3 Å². The van der Waals surface area contributed by atoms with Gasteiger partial charge in [-0.15, -0.1) is 11.3 Å². The third kappa shape index (κ3) is 2.89. The molecule has 1 aliphatic rings. The number of imidazole rings is 1. The van der Waals surface area contributed by atoms with Gasteiger partial charge < -0.3 is 14.8 Å². The van der Waals surface area contributed by atoms with Gasteiger partial charge in [-0.2, -0.15) is 0 Å². The van der Waals surface area contributed by atoms with Crippen LogP contribution >= 0.6 is 11.3 Å². The van der Waals surface area contributed by atoms with E-state index in [1.807, 2.05) is 31.3 Å². The molecule has 0 aliphatic carbocycles. The van der Waals surface area contributed by atoms with E-state index in [1.54, 1.807) is 20.9 Å². The smallest absolute Gasteiger partial charge is 0.545 e. The predicted molar refractivity (Wildman–Crippen MR) is 86.9 cm³/mol. The first-order chi connectivity index (χ1) is 11.6. The number of nitrogens with zero attached hydrogens (tertiary/aromatic N) is 3. The second-order valence-corrected chi connectivity index (χ2v) is 6.86. The summed E-state index contributed by atoms with van der Waals surface area (Å²) in [6.45, 7) is 2.34. The molecule has 4 heterocycles. The second-order valence-electron chi connectivity index (χ2n) is 5.90. The summed E-state index contributed by atoms with van der Waals surface area (Å²) in [7, 11) is 0. The van der Waals surface area contributed by atoms with Crippen LogP contribution in [-0.2, 0) is 13.0 Å². The van der Waals surface area contributed by atoms with Gasteiger partial charge in [-0.25, -0.2) is 4.98 Å². The molecule has 122 valence electrons. The van der Waals surface area contributed by atoms with E-state index in [1.165, 1.54) is 11.3 Å². The molecule has 1 amide bonds. The van der Waals surface area contributed by atoms with Crippen LogP contribution < -0.4 is 24.0 Å². The number of carboxylic acids is 1. The molecule has 6 nitrogen and oxygen atoms in total. The van der Waals surface area contributed by atoms with Crippen molar-refractivity contribution in [3.8, 4) is 0 Å². The van der Waals surface area contributed by atoms with Crippen molar-refractivity contribution in [3.63, 3.8) is 0 Å². The van der Waals surface area contributed by atoms with E-state index in [9.17, 15) is 14.7 Å². The Morgan fingerprint density at radius 1 is 1.36 bits per heavy atom. The molecule has 1 unspecified atom stereocenters. The van der Waals surface area contributed by atoms with Crippen LogP contribution in [0.15, 0.2) is 36.0 Å². The van der Waals surface area contributed by atoms with Crippen LogP contribution in [0.3, 0.4) is 0 Å². The van der Waals surface area contributed by atoms with Gasteiger partial charge >= 0.3 is 18.9 Å². The number of carboxylic acid groups (broad SMARTS) is 1. The monoisotopic (exact) mass is 347 g/mol. The SMILES string of the molecule is CC1Cc2c(C(=O)[O-])csc2CN1C(=O)c1cnc2ccccn12.[Li+]. The van der Waals surface area contributed by atoms with Crippen LogP contribution in [0.25, 0.3) is 5.65 Å². The second kappa shape index (κ2) is 6.68. The average Bonchev–Trinajstić information content (AvgIpc) is 3.17. The van der Waals surface area contributed by atoms with Crippen LogP contribution in [0.2, 0.25) is 0 Å². The number of fused-ring (bicyclic) bond motifs is 2. The number of rotatable bonds is 2. The number of amides is 1. The van der Waals surface area contributed by atoms with Crippen molar-refractivity contribution >= 4 is 28.9 Å². The zero-order valence-electron chi connectivity index (χ0n) is 13.9. The first-order valence-electron chi connectivity index (χ1n) is 7.60. The maximum absolute atomic E-state index is 13.0. The molecule has 0 radical (unpaired) electrons. The maximum Gasteiger partial charge on any atom is 1.00 e. The minimum absolute atomic E-state index is 0. The van der Waals surface area contributed by atoms with Gasteiger partial charge in [-0.1, -0.05) is 6.07 Å². The first kappa shape index (κ1) is 17.7. The molecule has 3 aromatic rings. The topological polar surface area (TPSA) is 77.7 Å². The van der Waals surface area contributed by atoms with E-state index in [2.05, 4.69) is 4.98 Å². The number of pyridine rings is 1. The Hall–Kier alpha value is -2.07. The van der Waals surface area contributed by atoms with Gasteiger partial charge in [0.2, 0.25) is 0 Å². The Labute approximate surface area is 160 Å². The number of thiophene rings is 1. The van der Waals surface area contributed by atoms with Gasteiger partial charge in [0.05, 0.1) is 18.7 Å². The number of aromatic carboxylic acids is 1. The van der Waals surface area contributed by atoms with Crippen LogP contribution in [0.4, 0.5) is 0 Å². The Kier molecular flexibility index (Phi) is 4.74. The Morgan fingerprint density at radius 3 is 2.92 bits per heavy atom. The fourth-order valence-electron chi connectivity index (χ4n) is 3.18. The Morgan fingerprint density at radius 2 is 2.16 bits per heavy atom. The molecule has 1 aliphatic heterocycles. The molecule has 0 saturated heterocycles. The van der Waals surface area contributed by atoms with Crippen LogP contribution in [0, 0.1) is 0 Å². The molecule has 0 saturated carbocycles. The molecule has 8 heteroatoms. The van der Waals surface area contributed by atoms with Crippen molar-refractivity contribution in [2.75, 3.05) is 0 Å². The summed E-state index contributed by atoms with van der Waals surface area (Å²) in [5.41, 5.74) is 2.29. The number of hydrogen-bond acceptors (Lipinski definition) is 5. The zero-order chi connectivity index (χ0) is 16.8. The summed E-state index contributed by atoms with van der Waals surface area (Å²) in [4.78, 5) is 31.1. The molecule has 0 spiro atoms. The number of carbonyl (C=O) groups is 2. The molecular weight excluding hydrogens is 333 g/mol. The predicted octanol–water partition coefficient (Wildman–Crippen LogP) is -1.65. The normalized spacial score (nSPS) is 16.4. The van der Waals surface area contributed by atoms with Crippen molar-refractivity contribution in [2.24, 2.45) is 0 Å². The summed E-state index contributed by atoms with van der Waals surface area (Å²) >= 11 is 1.37. The molecule has 3 aromatic heterocycles. The van der Waals surface area contributed by atoms with E-state index in [0.717, 1.165) is 16.1 Å². The van der Waals surface area contributed by atoms with E-state index in [-0.39, 0.29) is 36.4 Å². The van der Waals surface area contributed by atoms with Crippen molar-refractivity contribution in [2.45, 2.75) is 25.9 Å². The Bertz CT molecular complexity index is 965. The Balaban J connectivity index is 0.00000182. The third-order valence-electron chi connectivity index (χ3n) is 4.44. The molecular formula is C17H14LiN3O3S. The molecule has 1 atom stereocenters. The molecule has 0 aromatic carbocycles. The molecule has 0 N–H and O–H groups in total. The van der Waals surface area contributed by atoms with Gasteiger partial charge in [-0.3, -0.25) is 9.20 Å². The van der Waals surface area contributed by atoms with Crippen molar-refractivity contribution in [3.05, 3.63) is 57.7 Å². The zero-order valence-corrected chi connectivity index (χ0v) is 14.7. The summed E-state index contributed by atoms with van der Waals surface area (Å²) in [5.74, 6) is -1.25. The van der Waals surface area contributed by atoms with Crippen molar-refractivity contribution in [1.29, 1.82) is 0 Å². The maximum atomic E-state index is 13.0. The number of carbonyl (C=O) groups excluding carboxylic acids is 2. The van der Waals surface area contributed by atoms with Crippen LogP contribution in [0.5, 0.6) is 0 Å².